The smallest absolute Gasteiger partial charge is 0.322 e. The first-order valence-corrected chi connectivity index (χ1v) is 9.65. The van der Waals surface area contributed by atoms with Crippen LogP contribution in [0.25, 0.3) is 11.1 Å². The van der Waals surface area contributed by atoms with E-state index in [9.17, 15) is 27.6 Å². The molecule has 164 valence electrons. The molecule has 0 atom stereocenters. The van der Waals surface area contributed by atoms with Crippen molar-refractivity contribution in [3.05, 3.63) is 89.0 Å². The first-order valence-electron chi connectivity index (χ1n) is 9.65. The Morgan fingerprint density at radius 3 is 2.27 bits per heavy atom. The lowest BCUT2D eigenvalue weighted by Gasteiger charge is -2.10. The third-order valence-corrected chi connectivity index (χ3v) is 5.13. The zero-order chi connectivity index (χ0) is 23.8. The first-order chi connectivity index (χ1) is 15.7. The lowest BCUT2D eigenvalue weighted by molar-refractivity contribution is -0.137. The fraction of sp³-hybridized carbons (Fsp3) is 0.0833. The molecular formula is C24H14F3N3O3. The summed E-state index contributed by atoms with van der Waals surface area (Å²) in [6.45, 7) is -0.369. The van der Waals surface area contributed by atoms with E-state index in [1.165, 1.54) is 48.5 Å². The summed E-state index contributed by atoms with van der Waals surface area (Å²) >= 11 is 0. The molecular weight excluding hydrogens is 435 g/mol. The van der Waals surface area contributed by atoms with Gasteiger partial charge in [-0.05, 0) is 53.6 Å². The molecule has 0 unspecified atom stereocenters. The molecule has 4 rings (SSSR count). The normalized spacial score (nSPS) is 13.0. The van der Waals surface area contributed by atoms with Gasteiger partial charge < -0.3 is 5.32 Å². The molecule has 9 heteroatoms. The highest BCUT2D eigenvalue weighted by atomic mass is 19.4. The van der Waals surface area contributed by atoms with Crippen LogP contribution in [0.1, 0.15) is 36.6 Å². The summed E-state index contributed by atoms with van der Waals surface area (Å²) in [5.74, 6) is -1.69. The maximum absolute atomic E-state index is 12.9. The van der Waals surface area contributed by atoms with Gasteiger partial charge in [-0.15, -0.1) is 0 Å². The summed E-state index contributed by atoms with van der Waals surface area (Å²) < 4.78 is 38.8. The van der Waals surface area contributed by atoms with Gasteiger partial charge in [0.25, 0.3) is 17.7 Å². The molecule has 1 aliphatic rings. The van der Waals surface area contributed by atoms with Gasteiger partial charge in [-0.3, -0.25) is 19.3 Å². The number of nitriles is 1. The topological polar surface area (TPSA) is 90.3 Å². The van der Waals surface area contributed by atoms with E-state index in [0.717, 1.165) is 17.0 Å². The van der Waals surface area contributed by atoms with Crippen molar-refractivity contribution in [2.24, 2.45) is 0 Å². The van der Waals surface area contributed by atoms with Crippen LogP contribution in [0.4, 0.5) is 18.9 Å². The summed E-state index contributed by atoms with van der Waals surface area (Å²) in [5.41, 5.74) is 0.879. The van der Waals surface area contributed by atoms with Gasteiger partial charge in [0.2, 0.25) is 0 Å². The molecule has 1 aliphatic heterocycles. The summed E-state index contributed by atoms with van der Waals surface area (Å²) in [5, 5.41) is 11.4. The molecule has 33 heavy (non-hydrogen) atoms. The summed E-state index contributed by atoms with van der Waals surface area (Å²) in [6.07, 6.45) is -4.46. The Labute approximate surface area is 185 Å². The third-order valence-electron chi connectivity index (χ3n) is 5.13. The summed E-state index contributed by atoms with van der Waals surface area (Å²) in [6, 6.07) is 16.9. The highest BCUT2D eigenvalue weighted by molar-refractivity contribution is 6.22. The monoisotopic (exact) mass is 449 g/mol. The number of alkyl halides is 3. The van der Waals surface area contributed by atoms with Gasteiger partial charge in [0.05, 0.1) is 22.8 Å². The number of hydrogen-bond donors (Lipinski definition) is 1. The fourth-order valence-electron chi connectivity index (χ4n) is 3.48. The largest absolute Gasteiger partial charge is 0.416 e. The second-order valence-corrected chi connectivity index (χ2v) is 7.22. The number of hydrogen-bond acceptors (Lipinski definition) is 4. The van der Waals surface area contributed by atoms with E-state index >= 15 is 0 Å². The van der Waals surface area contributed by atoms with E-state index in [1.54, 1.807) is 12.1 Å². The number of fused-ring (bicyclic) bond motifs is 1. The van der Waals surface area contributed by atoms with E-state index in [0.29, 0.717) is 11.1 Å². The Kier molecular flexibility index (Phi) is 5.44. The van der Waals surface area contributed by atoms with E-state index < -0.39 is 29.5 Å². The van der Waals surface area contributed by atoms with Crippen LogP contribution in [0.2, 0.25) is 0 Å². The number of imide groups is 1. The zero-order valence-corrected chi connectivity index (χ0v) is 16.8. The van der Waals surface area contributed by atoms with Crippen molar-refractivity contribution in [1.29, 1.82) is 5.26 Å². The molecule has 0 radical (unpaired) electrons. The van der Waals surface area contributed by atoms with Gasteiger partial charge in [0.15, 0.2) is 0 Å². The Morgan fingerprint density at radius 2 is 1.61 bits per heavy atom. The molecule has 3 amide bonds. The Hall–Kier alpha value is -4.45. The van der Waals surface area contributed by atoms with E-state index in [2.05, 4.69) is 5.32 Å². The van der Waals surface area contributed by atoms with Crippen LogP contribution in [0.5, 0.6) is 0 Å². The van der Waals surface area contributed by atoms with E-state index in [1.807, 2.05) is 0 Å². The summed E-state index contributed by atoms with van der Waals surface area (Å²) in [4.78, 5) is 37.9. The van der Waals surface area contributed by atoms with Crippen molar-refractivity contribution >= 4 is 23.4 Å². The Bertz CT molecular complexity index is 1330. The van der Waals surface area contributed by atoms with Crippen molar-refractivity contribution in [1.82, 2.24) is 4.90 Å². The molecule has 1 N–H and O–H groups in total. The average molecular weight is 449 g/mol. The molecule has 0 saturated carbocycles. The minimum Gasteiger partial charge on any atom is -0.322 e. The molecule has 3 aromatic rings. The molecule has 1 heterocycles. The number of carbonyl (C=O) groups excluding carboxylic acids is 3. The first kappa shape index (κ1) is 21.8. The van der Waals surface area contributed by atoms with Gasteiger partial charge in [-0.2, -0.15) is 18.4 Å². The number of halogens is 3. The Morgan fingerprint density at radius 1 is 0.909 bits per heavy atom. The Balaban J connectivity index is 1.51. The number of rotatable bonds is 4. The van der Waals surface area contributed by atoms with Crippen LogP contribution in [-0.4, -0.2) is 29.2 Å². The fourth-order valence-corrected chi connectivity index (χ4v) is 3.48. The van der Waals surface area contributed by atoms with Gasteiger partial charge in [0, 0.05) is 11.3 Å². The van der Waals surface area contributed by atoms with Crippen molar-refractivity contribution < 1.29 is 27.6 Å². The number of anilines is 1. The lowest BCUT2D eigenvalue weighted by Crippen LogP contribution is -2.29. The molecule has 0 saturated heterocycles. The van der Waals surface area contributed by atoms with Crippen molar-refractivity contribution in [3.63, 3.8) is 0 Å². The molecule has 0 bridgehead atoms. The second kappa shape index (κ2) is 8.24. The highest BCUT2D eigenvalue weighted by Gasteiger charge is 2.35. The molecule has 3 aromatic carbocycles. The number of carbonyl (C=O) groups is 3. The van der Waals surface area contributed by atoms with Crippen molar-refractivity contribution in [3.8, 4) is 17.2 Å². The highest BCUT2D eigenvalue weighted by Crippen LogP contribution is 2.32. The van der Waals surface area contributed by atoms with Crippen molar-refractivity contribution in [2.45, 2.75) is 6.18 Å². The number of nitrogens with one attached hydrogen (secondary N) is 1. The standard InChI is InChI=1S/C24H14F3N3O3/c25-24(26,27)17-3-1-2-16(12-17)14-4-6-15(7-5-14)21(31)29-18-8-9-19-20(13-18)23(33)30(11-10-28)22(19)32/h1-9,12-13H,11H2,(H,29,31). The molecule has 6 nitrogen and oxygen atoms in total. The third kappa shape index (κ3) is 4.19. The minimum atomic E-state index is -4.46. The molecule has 0 aliphatic carbocycles. The minimum absolute atomic E-state index is 0.0907. The maximum Gasteiger partial charge on any atom is 0.416 e. The predicted molar refractivity (Wildman–Crippen MR) is 112 cm³/mol. The lowest BCUT2D eigenvalue weighted by atomic mass is 10.0. The van der Waals surface area contributed by atoms with Gasteiger partial charge in [0.1, 0.15) is 6.54 Å². The van der Waals surface area contributed by atoms with Crippen LogP contribution >= 0.6 is 0 Å². The van der Waals surface area contributed by atoms with Gasteiger partial charge in [-0.1, -0.05) is 24.3 Å². The molecule has 0 spiro atoms. The number of nitrogens with zero attached hydrogens (tertiary/aromatic N) is 2. The summed E-state index contributed by atoms with van der Waals surface area (Å²) in [7, 11) is 0. The number of amides is 3. The van der Waals surface area contributed by atoms with E-state index in [4.69, 9.17) is 5.26 Å². The SMILES string of the molecule is N#CCN1C(=O)c2ccc(NC(=O)c3ccc(-c4cccc(C(F)(F)F)c4)cc3)cc2C1=O. The number of benzene rings is 3. The van der Waals surface area contributed by atoms with Crippen molar-refractivity contribution in [2.75, 3.05) is 11.9 Å². The van der Waals surface area contributed by atoms with Crippen LogP contribution in [0, 0.1) is 11.3 Å². The quantitative estimate of drug-likeness (QED) is 0.460. The van der Waals surface area contributed by atoms with Gasteiger partial charge in [-0.25, -0.2) is 0 Å². The van der Waals surface area contributed by atoms with Gasteiger partial charge >= 0.3 is 6.18 Å². The van der Waals surface area contributed by atoms with Crippen LogP contribution < -0.4 is 5.32 Å². The predicted octanol–water partition coefficient (Wildman–Crippen LogP) is 4.74. The zero-order valence-electron chi connectivity index (χ0n) is 16.8. The maximum atomic E-state index is 12.9. The van der Waals surface area contributed by atoms with Crippen LogP contribution in [0.15, 0.2) is 66.7 Å². The van der Waals surface area contributed by atoms with Crippen LogP contribution in [0.3, 0.4) is 0 Å². The molecule has 0 aromatic heterocycles. The average Bonchev–Trinajstić information content (AvgIpc) is 3.03. The van der Waals surface area contributed by atoms with Crippen LogP contribution in [-0.2, 0) is 6.18 Å². The molecule has 0 fully saturated rings. The second-order valence-electron chi connectivity index (χ2n) is 7.22. The van der Waals surface area contributed by atoms with E-state index in [-0.39, 0.29) is 28.9 Å².